The van der Waals surface area contributed by atoms with E-state index in [0.29, 0.717) is 0 Å². The van der Waals surface area contributed by atoms with Crippen LogP contribution in [0.1, 0.15) is 13.8 Å². The van der Waals surface area contributed by atoms with Crippen LogP contribution in [-0.4, -0.2) is 36.2 Å². The third-order valence-corrected chi connectivity index (χ3v) is 1.99. The smallest absolute Gasteiger partial charge is 0.225 e. The Morgan fingerprint density at radius 2 is 1.75 bits per heavy atom. The monoisotopic (exact) mass is 177 g/mol. The van der Waals surface area contributed by atoms with Crippen LogP contribution in [0.4, 0.5) is 8.78 Å². The number of rotatable bonds is 1. The Morgan fingerprint density at radius 3 is 2.08 bits per heavy atom. The van der Waals surface area contributed by atoms with Gasteiger partial charge in [-0.1, -0.05) is 13.8 Å². The van der Waals surface area contributed by atoms with Crippen molar-refractivity contribution < 1.29 is 13.6 Å². The van der Waals surface area contributed by atoms with Crippen LogP contribution >= 0.6 is 0 Å². The van der Waals surface area contributed by atoms with Crippen molar-refractivity contribution in [2.75, 3.05) is 13.1 Å². The molecule has 1 aliphatic heterocycles. The molecule has 1 rings (SSSR count). The first kappa shape index (κ1) is 9.42. The van der Waals surface area contributed by atoms with Crippen LogP contribution in [0.2, 0.25) is 0 Å². The molecule has 0 aromatic rings. The summed E-state index contributed by atoms with van der Waals surface area (Å²) in [6.45, 7) is 3.28. The molecule has 2 nitrogen and oxygen atoms in total. The van der Waals surface area contributed by atoms with E-state index >= 15 is 0 Å². The number of hydrogen-bond donors (Lipinski definition) is 0. The molecule has 0 spiro atoms. The van der Waals surface area contributed by atoms with Gasteiger partial charge >= 0.3 is 0 Å². The maximum absolute atomic E-state index is 12.6. The number of nitrogens with zero attached hydrogens (tertiary/aromatic N) is 1. The van der Waals surface area contributed by atoms with Gasteiger partial charge in [-0.05, 0) is 0 Å². The lowest BCUT2D eigenvalue weighted by Crippen LogP contribution is -2.32. The molecule has 0 aliphatic carbocycles. The van der Waals surface area contributed by atoms with Crippen LogP contribution in [0, 0.1) is 5.92 Å². The van der Waals surface area contributed by atoms with E-state index in [1.165, 1.54) is 4.90 Å². The highest BCUT2D eigenvalue weighted by Crippen LogP contribution is 2.18. The van der Waals surface area contributed by atoms with Crippen LogP contribution in [0.5, 0.6) is 0 Å². The molecule has 0 aromatic heterocycles. The van der Waals surface area contributed by atoms with Gasteiger partial charge in [0.05, 0.1) is 13.1 Å². The zero-order chi connectivity index (χ0) is 9.30. The third-order valence-electron chi connectivity index (χ3n) is 1.99. The molecular weight excluding hydrogens is 164 g/mol. The van der Waals surface area contributed by atoms with Gasteiger partial charge in [0.2, 0.25) is 5.91 Å². The Balaban J connectivity index is 2.52. The van der Waals surface area contributed by atoms with E-state index in [1.54, 1.807) is 13.8 Å². The Morgan fingerprint density at radius 1 is 1.33 bits per heavy atom. The summed E-state index contributed by atoms with van der Waals surface area (Å²) >= 11 is 0. The first-order valence-corrected chi connectivity index (χ1v) is 4.09. The minimum absolute atomic E-state index is 0.0851. The van der Waals surface area contributed by atoms with Gasteiger partial charge in [-0.15, -0.1) is 0 Å². The van der Waals surface area contributed by atoms with Crippen molar-refractivity contribution in [3.8, 4) is 0 Å². The van der Waals surface area contributed by atoms with E-state index < -0.39 is 12.3 Å². The Labute approximate surface area is 70.5 Å². The lowest BCUT2D eigenvalue weighted by atomic mass is 10.2. The summed E-state index contributed by atoms with van der Waals surface area (Å²) in [7, 11) is 0. The average Bonchev–Trinajstić information content (AvgIpc) is 2.30. The number of hydrogen-bond acceptors (Lipinski definition) is 1. The molecule has 0 radical (unpaired) electrons. The first-order valence-electron chi connectivity index (χ1n) is 4.09. The number of halogens is 2. The van der Waals surface area contributed by atoms with E-state index in [2.05, 4.69) is 0 Å². The minimum Gasteiger partial charge on any atom is -0.336 e. The standard InChI is InChI=1S/C8H13F2NO/c1-5(2)8(12)11-3-6(9)7(10)4-11/h5-7H,3-4H2,1-2H3/t6-,7-/m0/s1. The predicted molar refractivity (Wildman–Crippen MR) is 41.2 cm³/mol. The molecule has 0 unspecified atom stereocenters. The summed E-state index contributed by atoms with van der Waals surface area (Å²) in [6.07, 6.45) is -2.99. The van der Waals surface area contributed by atoms with E-state index in [1.807, 2.05) is 0 Å². The highest BCUT2D eigenvalue weighted by atomic mass is 19.2. The van der Waals surface area contributed by atoms with Crippen LogP contribution in [-0.2, 0) is 4.79 Å². The molecule has 12 heavy (non-hydrogen) atoms. The second-order valence-corrected chi connectivity index (χ2v) is 3.43. The number of amides is 1. The van der Waals surface area contributed by atoms with Gasteiger partial charge in [-0.3, -0.25) is 4.79 Å². The highest BCUT2D eigenvalue weighted by Gasteiger charge is 2.35. The molecule has 70 valence electrons. The largest absolute Gasteiger partial charge is 0.336 e. The number of carbonyl (C=O) groups excluding carboxylic acids is 1. The summed E-state index contributed by atoms with van der Waals surface area (Å²) in [5, 5.41) is 0. The molecule has 4 heteroatoms. The van der Waals surface area contributed by atoms with E-state index in [0.717, 1.165) is 0 Å². The quantitative estimate of drug-likeness (QED) is 0.588. The summed E-state index contributed by atoms with van der Waals surface area (Å²) in [5.74, 6) is -0.347. The highest BCUT2D eigenvalue weighted by molar-refractivity contribution is 5.78. The second-order valence-electron chi connectivity index (χ2n) is 3.43. The molecule has 2 atom stereocenters. The Kier molecular flexibility index (Phi) is 2.65. The van der Waals surface area contributed by atoms with Crippen molar-refractivity contribution in [1.82, 2.24) is 4.90 Å². The van der Waals surface area contributed by atoms with Crippen LogP contribution < -0.4 is 0 Å². The maximum Gasteiger partial charge on any atom is 0.225 e. The molecule has 1 fully saturated rings. The summed E-state index contributed by atoms with van der Waals surface area (Å²) in [5.41, 5.74) is 0. The van der Waals surface area contributed by atoms with Gasteiger partial charge in [0.25, 0.3) is 0 Å². The van der Waals surface area contributed by atoms with Crippen molar-refractivity contribution in [3.63, 3.8) is 0 Å². The zero-order valence-electron chi connectivity index (χ0n) is 7.26. The summed E-state index contributed by atoms with van der Waals surface area (Å²) < 4.78 is 25.2. The Hall–Kier alpha value is -0.670. The first-order chi connectivity index (χ1) is 5.52. The number of carbonyl (C=O) groups is 1. The summed E-state index contributed by atoms with van der Waals surface area (Å²) in [6, 6.07) is 0. The molecule has 1 heterocycles. The Bertz CT molecular complexity index is 174. The fourth-order valence-corrected chi connectivity index (χ4v) is 1.27. The average molecular weight is 177 g/mol. The normalized spacial score (nSPS) is 29.9. The molecule has 0 saturated carbocycles. The van der Waals surface area contributed by atoms with Crippen molar-refractivity contribution in [3.05, 3.63) is 0 Å². The molecular formula is C8H13F2NO. The number of likely N-dealkylation sites (tertiary alicyclic amines) is 1. The fourth-order valence-electron chi connectivity index (χ4n) is 1.27. The van der Waals surface area contributed by atoms with Crippen LogP contribution in [0.15, 0.2) is 0 Å². The van der Waals surface area contributed by atoms with Crippen LogP contribution in [0.25, 0.3) is 0 Å². The van der Waals surface area contributed by atoms with Gasteiger partial charge in [-0.2, -0.15) is 0 Å². The molecule has 0 N–H and O–H groups in total. The lowest BCUT2D eigenvalue weighted by molar-refractivity contribution is -0.133. The molecule has 0 bridgehead atoms. The predicted octanol–water partition coefficient (Wildman–Crippen LogP) is 1.16. The van der Waals surface area contributed by atoms with E-state index in [-0.39, 0.29) is 24.9 Å². The molecule has 1 saturated heterocycles. The molecule has 0 aromatic carbocycles. The van der Waals surface area contributed by atoms with Gasteiger partial charge < -0.3 is 4.90 Å². The topological polar surface area (TPSA) is 20.3 Å². The minimum atomic E-state index is -1.49. The lowest BCUT2D eigenvalue weighted by Gasteiger charge is -2.16. The van der Waals surface area contributed by atoms with Crippen molar-refractivity contribution in [1.29, 1.82) is 0 Å². The van der Waals surface area contributed by atoms with Crippen LogP contribution in [0.3, 0.4) is 0 Å². The van der Waals surface area contributed by atoms with Gasteiger partial charge in [0, 0.05) is 5.92 Å². The van der Waals surface area contributed by atoms with Gasteiger partial charge in [0.1, 0.15) is 0 Å². The van der Waals surface area contributed by atoms with Crippen molar-refractivity contribution in [2.24, 2.45) is 5.92 Å². The second kappa shape index (κ2) is 3.37. The van der Waals surface area contributed by atoms with Gasteiger partial charge in [0.15, 0.2) is 12.3 Å². The fraction of sp³-hybridized carbons (Fsp3) is 0.875. The third kappa shape index (κ3) is 1.73. The zero-order valence-corrected chi connectivity index (χ0v) is 7.26. The molecule has 1 aliphatic rings. The summed E-state index contributed by atoms with van der Waals surface area (Å²) in [4.78, 5) is 12.5. The maximum atomic E-state index is 12.6. The SMILES string of the molecule is CC(C)C(=O)N1C[C@H](F)[C@@H](F)C1. The van der Waals surface area contributed by atoms with E-state index in [4.69, 9.17) is 0 Å². The van der Waals surface area contributed by atoms with Crippen molar-refractivity contribution >= 4 is 5.91 Å². The van der Waals surface area contributed by atoms with Crippen molar-refractivity contribution in [2.45, 2.75) is 26.2 Å². The van der Waals surface area contributed by atoms with E-state index in [9.17, 15) is 13.6 Å². The molecule has 1 amide bonds. The number of alkyl halides is 2. The van der Waals surface area contributed by atoms with Gasteiger partial charge in [-0.25, -0.2) is 8.78 Å².